The average Bonchev–Trinajstić information content (AvgIpc) is 2.33. The molecular formula is C15H23NO. The predicted octanol–water partition coefficient (Wildman–Crippen LogP) is 3.94. The van der Waals surface area contributed by atoms with E-state index in [1.807, 2.05) is 19.1 Å². The van der Waals surface area contributed by atoms with Crippen LogP contribution in [0.4, 0.5) is 5.69 Å². The number of anilines is 1. The molecule has 1 aliphatic carbocycles. The standard InChI is InChI=1S/C15H23NO/c1-11-3-5-13(6-4-11)10-16-14-7-8-15(17)12(2)9-14/h7-9,11,13,16-17H,3-6,10H2,1-2H3. The molecule has 2 heteroatoms. The summed E-state index contributed by atoms with van der Waals surface area (Å²) in [7, 11) is 0. The zero-order chi connectivity index (χ0) is 12.3. The lowest BCUT2D eigenvalue weighted by Gasteiger charge is -2.26. The lowest BCUT2D eigenvalue weighted by Crippen LogP contribution is -2.20. The van der Waals surface area contributed by atoms with E-state index in [0.717, 1.165) is 29.6 Å². The minimum absolute atomic E-state index is 0.377. The Morgan fingerprint density at radius 1 is 1.24 bits per heavy atom. The maximum atomic E-state index is 9.46. The van der Waals surface area contributed by atoms with E-state index in [4.69, 9.17) is 0 Å². The van der Waals surface area contributed by atoms with Gasteiger partial charge in [-0.2, -0.15) is 0 Å². The maximum Gasteiger partial charge on any atom is 0.118 e. The van der Waals surface area contributed by atoms with Gasteiger partial charge >= 0.3 is 0 Å². The molecule has 0 amide bonds. The third kappa shape index (κ3) is 3.39. The van der Waals surface area contributed by atoms with Gasteiger partial charge in [0.2, 0.25) is 0 Å². The fourth-order valence-electron chi connectivity index (χ4n) is 2.56. The molecule has 0 spiro atoms. The molecule has 17 heavy (non-hydrogen) atoms. The molecule has 0 radical (unpaired) electrons. The number of hydrogen-bond donors (Lipinski definition) is 2. The molecule has 94 valence electrons. The normalized spacial score (nSPS) is 24.6. The number of aromatic hydroxyl groups is 1. The van der Waals surface area contributed by atoms with Gasteiger partial charge in [0.15, 0.2) is 0 Å². The van der Waals surface area contributed by atoms with Crippen LogP contribution >= 0.6 is 0 Å². The summed E-state index contributed by atoms with van der Waals surface area (Å²) in [5.41, 5.74) is 2.06. The van der Waals surface area contributed by atoms with E-state index < -0.39 is 0 Å². The SMILES string of the molecule is Cc1cc(NCC2CCC(C)CC2)ccc1O. The summed E-state index contributed by atoms with van der Waals surface area (Å²) in [4.78, 5) is 0. The highest BCUT2D eigenvalue weighted by atomic mass is 16.3. The summed E-state index contributed by atoms with van der Waals surface area (Å²) in [6.07, 6.45) is 5.46. The lowest BCUT2D eigenvalue weighted by atomic mass is 9.83. The molecule has 1 aliphatic rings. The van der Waals surface area contributed by atoms with E-state index in [0.29, 0.717) is 5.75 Å². The molecule has 0 atom stereocenters. The molecule has 0 bridgehead atoms. The number of hydrogen-bond acceptors (Lipinski definition) is 2. The second-order valence-corrected chi connectivity index (χ2v) is 5.51. The predicted molar refractivity (Wildman–Crippen MR) is 72.5 cm³/mol. The Labute approximate surface area is 104 Å². The number of phenols is 1. The van der Waals surface area contributed by atoms with Gasteiger partial charge in [0.25, 0.3) is 0 Å². The molecule has 2 nitrogen and oxygen atoms in total. The number of phenolic OH excluding ortho intramolecular Hbond substituents is 1. The molecule has 0 aromatic heterocycles. The van der Waals surface area contributed by atoms with Crippen LogP contribution in [0.1, 0.15) is 38.2 Å². The van der Waals surface area contributed by atoms with Crippen molar-refractivity contribution in [3.63, 3.8) is 0 Å². The van der Waals surface area contributed by atoms with Gasteiger partial charge in [0.05, 0.1) is 0 Å². The Kier molecular flexibility index (Phi) is 3.93. The maximum absolute atomic E-state index is 9.46. The molecule has 1 fully saturated rings. The highest BCUT2D eigenvalue weighted by molar-refractivity contribution is 5.50. The molecular weight excluding hydrogens is 210 g/mol. The van der Waals surface area contributed by atoms with Crippen molar-refractivity contribution in [1.29, 1.82) is 0 Å². The van der Waals surface area contributed by atoms with E-state index >= 15 is 0 Å². The number of benzene rings is 1. The van der Waals surface area contributed by atoms with Crippen LogP contribution in [0, 0.1) is 18.8 Å². The van der Waals surface area contributed by atoms with E-state index in [1.165, 1.54) is 25.7 Å². The quantitative estimate of drug-likeness (QED) is 0.775. The summed E-state index contributed by atoms with van der Waals surface area (Å²) in [5.74, 6) is 2.12. The van der Waals surface area contributed by atoms with Gasteiger partial charge in [-0.25, -0.2) is 0 Å². The topological polar surface area (TPSA) is 32.3 Å². The summed E-state index contributed by atoms with van der Waals surface area (Å²) < 4.78 is 0. The summed E-state index contributed by atoms with van der Waals surface area (Å²) in [6, 6.07) is 5.73. The zero-order valence-electron chi connectivity index (χ0n) is 10.9. The minimum atomic E-state index is 0.377. The third-order valence-corrected chi connectivity index (χ3v) is 3.93. The van der Waals surface area contributed by atoms with Crippen LogP contribution in [-0.2, 0) is 0 Å². The van der Waals surface area contributed by atoms with Gasteiger partial charge in [-0.15, -0.1) is 0 Å². The van der Waals surface area contributed by atoms with Gasteiger partial charge < -0.3 is 10.4 Å². The van der Waals surface area contributed by atoms with Crippen molar-refractivity contribution in [2.75, 3.05) is 11.9 Å². The first kappa shape index (κ1) is 12.3. The van der Waals surface area contributed by atoms with Crippen molar-refractivity contribution < 1.29 is 5.11 Å². The van der Waals surface area contributed by atoms with Crippen molar-refractivity contribution in [2.45, 2.75) is 39.5 Å². The number of aryl methyl sites for hydroxylation is 1. The van der Waals surface area contributed by atoms with Crippen LogP contribution in [-0.4, -0.2) is 11.7 Å². The fourth-order valence-corrected chi connectivity index (χ4v) is 2.56. The van der Waals surface area contributed by atoms with Gasteiger partial charge in [-0.05, 0) is 55.4 Å². The van der Waals surface area contributed by atoms with E-state index in [9.17, 15) is 5.11 Å². The Morgan fingerprint density at radius 3 is 2.59 bits per heavy atom. The molecule has 0 unspecified atom stereocenters. The highest BCUT2D eigenvalue weighted by Crippen LogP contribution is 2.28. The van der Waals surface area contributed by atoms with Crippen molar-refractivity contribution >= 4 is 5.69 Å². The van der Waals surface area contributed by atoms with Crippen molar-refractivity contribution in [3.8, 4) is 5.75 Å². The third-order valence-electron chi connectivity index (χ3n) is 3.93. The van der Waals surface area contributed by atoms with Crippen molar-refractivity contribution in [1.82, 2.24) is 0 Å². The molecule has 0 aliphatic heterocycles. The van der Waals surface area contributed by atoms with E-state index in [1.54, 1.807) is 6.07 Å². The van der Waals surface area contributed by atoms with Crippen LogP contribution in [0.25, 0.3) is 0 Å². The second-order valence-electron chi connectivity index (χ2n) is 5.51. The van der Waals surface area contributed by atoms with Crippen LogP contribution in [0.3, 0.4) is 0 Å². The van der Waals surface area contributed by atoms with Crippen LogP contribution in [0.2, 0.25) is 0 Å². The van der Waals surface area contributed by atoms with Crippen LogP contribution in [0.5, 0.6) is 5.75 Å². The Morgan fingerprint density at radius 2 is 1.94 bits per heavy atom. The Hall–Kier alpha value is -1.18. The first-order valence-electron chi connectivity index (χ1n) is 6.68. The fraction of sp³-hybridized carbons (Fsp3) is 0.600. The summed E-state index contributed by atoms with van der Waals surface area (Å²) in [5, 5.41) is 12.9. The molecule has 0 saturated heterocycles. The molecule has 2 rings (SSSR count). The van der Waals surface area contributed by atoms with Crippen molar-refractivity contribution in [3.05, 3.63) is 23.8 Å². The first-order chi connectivity index (χ1) is 8.15. The summed E-state index contributed by atoms with van der Waals surface area (Å²) >= 11 is 0. The lowest BCUT2D eigenvalue weighted by molar-refractivity contribution is 0.300. The average molecular weight is 233 g/mol. The second kappa shape index (κ2) is 5.44. The van der Waals surface area contributed by atoms with Crippen LogP contribution < -0.4 is 5.32 Å². The Bertz CT molecular complexity index is 367. The number of nitrogens with one attached hydrogen (secondary N) is 1. The molecule has 0 heterocycles. The van der Waals surface area contributed by atoms with Gasteiger partial charge in [-0.3, -0.25) is 0 Å². The molecule has 1 aromatic rings. The number of rotatable bonds is 3. The van der Waals surface area contributed by atoms with Crippen molar-refractivity contribution in [2.24, 2.45) is 11.8 Å². The molecule has 1 saturated carbocycles. The smallest absolute Gasteiger partial charge is 0.118 e. The van der Waals surface area contributed by atoms with E-state index in [-0.39, 0.29) is 0 Å². The molecule has 1 aromatic carbocycles. The first-order valence-corrected chi connectivity index (χ1v) is 6.68. The minimum Gasteiger partial charge on any atom is -0.508 e. The van der Waals surface area contributed by atoms with Gasteiger partial charge in [0, 0.05) is 12.2 Å². The monoisotopic (exact) mass is 233 g/mol. The van der Waals surface area contributed by atoms with Gasteiger partial charge in [-0.1, -0.05) is 19.8 Å². The largest absolute Gasteiger partial charge is 0.508 e. The van der Waals surface area contributed by atoms with Crippen LogP contribution in [0.15, 0.2) is 18.2 Å². The van der Waals surface area contributed by atoms with E-state index in [2.05, 4.69) is 12.2 Å². The Balaban J connectivity index is 1.83. The molecule has 2 N–H and O–H groups in total. The zero-order valence-corrected chi connectivity index (χ0v) is 10.9. The summed E-state index contributed by atoms with van der Waals surface area (Å²) in [6.45, 7) is 5.35. The van der Waals surface area contributed by atoms with Gasteiger partial charge in [0.1, 0.15) is 5.75 Å². The highest BCUT2D eigenvalue weighted by Gasteiger charge is 2.17.